The summed E-state index contributed by atoms with van der Waals surface area (Å²) in [5.74, 6) is 1.25. The van der Waals surface area contributed by atoms with Crippen LogP contribution in [0.15, 0.2) is 0 Å². The van der Waals surface area contributed by atoms with Crippen LogP contribution in [0.2, 0.25) is 0 Å². The fourth-order valence-corrected chi connectivity index (χ4v) is 2.37. The highest BCUT2D eigenvalue weighted by Gasteiger charge is 2.26. The molecule has 0 N–H and O–H groups in total. The van der Waals surface area contributed by atoms with Gasteiger partial charge in [-0.05, 0) is 32.6 Å². The Balaban J connectivity index is 2.31. The molecule has 1 unspecified atom stereocenters. The van der Waals surface area contributed by atoms with Crippen LogP contribution in [0.4, 0.5) is 0 Å². The van der Waals surface area contributed by atoms with Gasteiger partial charge >= 0.3 is 5.97 Å². The van der Waals surface area contributed by atoms with Gasteiger partial charge < -0.3 is 9.64 Å². The van der Waals surface area contributed by atoms with Gasteiger partial charge in [-0.1, -0.05) is 0 Å². The van der Waals surface area contributed by atoms with Gasteiger partial charge in [0.1, 0.15) is 0 Å². The first-order valence-corrected chi connectivity index (χ1v) is 7.05. The van der Waals surface area contributed by atoms with Gasteiger partial charge in [-0.2, -0.15) is 11.8 Å². The van der Waals surface area contributed by atoms with Crippen molar-refractivity contribution < 1.29 is 9.53 Å². The summed E-state index contributed by atoms with van der Waals surface area (Å²) in [7, 11) is 0. The van der Waals surface area contributed by atoms with E-state index in [0.29, 0.717) is 6.61 Å². The van der Waals surface area contributed by atoms with Crippen LogP contribution in [-0.4, -0.2) is 49.1 Å². The number of carbonyl (C=O) groups is 1. The second kappa shape index (κ2) is 7.12. The molecule has 1 atom stereocenters. The Labute approximate surface area is 96.5 Å². The second-order valence-electron chi connectivity index (χ2n) is 3.88. The van der Waals surface area contributed by atoms with Crippen molar-refractivity contribution in [3.8, 4) is 0 Å². The van der Waals surface area contributed by atoms with E-state index in [1.165, 1.54) is 0 Å². The smallest absolute Gasteiger partial charge is 0.310 e. The lowest BCUT2D eigenvalue weighted by Gasteiger charge is -2.31. The third-order valence-electron chi connectivity index (χ3n) is 2.74. The maximum atomic E-state index is 11.6. The molecule has 1 fully saturated rings. The van der Waals surface area contributed by atoms with E-state index in [-0.39, 0.29) is 11.9 Å². The molecule has 1 heterocycles. The summed E-state index contributed by atoms with van der Waals surface area (Å²) < 4.78 is 5.06. The van der Waals surface area contributed by atoms with Crippen molar-refractivity contribution in [1.29, 1.82) is 0 Å². The lowest BCUT2D eigenvalue weighted by atomic mass is 9.98. The first-order valence-electron chi connectivity index (χ1n) is 5.65. The van der Waals surface area contributed by atoms with E-state index in [4.69, 9.17) is 4.74 Å². The summed E-state index contributed by atoms with van der Waals surface area (Å²) in [6, 6.07) is 0. The van der Waals surface area contributed by atoms with Crippen LogP contribution in [0.1, 0.15) is 19.8 Å². The molecule has 4 heteroatoms. The van der Waals surface area contributed by atoms with Crippen LogP contribution >= 0.6 is 11.8 Å². The van der Waals surface area contributed by atoms with Gasteiger partial charge in [0, 0.05) is 18.8 Å². The summed E-state index contributed by atoms with van der Waals surface area (Å²) in [5, 5.41) is 0. The zero-order valence-electron chi connectivity index (χ0n) is 9.70. The quantitative estimate of drug-likeness (QED) is 0.673. The Bertz CT molecular complexity index is 199. The van der Waals surface area contributed by atoms with Gasteiger partial charge in [-0.25, -0.2) is 0 Å². The molecule has 15 heavy (non-hydrogen) atoms. The SMILES string of the molecule is CCOC(=O)C1CCCN(CCSC)C1. The predicted molar refractivity (Wildman–Crippen MR) is 64.2 cm³/mol. The van der Waals surface area contributed by atoms with E-state index in [0.717, 1.165) is 38.2 Å². The van der Waals surface area contributed by atoms with Crippen molar-refractivity contribution >= 4 is 17.7 Å². The second-order valence-corrected chi connectivity index (χ2v) is 4.87. The molecule has 1 saturated heterocycles. The van der Waals surface area contributed by atoms with Crippen LogP contribution in [0.3, 0.4) is 0 Å². The maximum absolute atomic E-state index is 11.6. The fourth-order valence-electron chi connectivity index (χ4n) is 1.93. The average molecular weight is 231 g/mol. The van der Waals surface area contributed by atoms with E-state index in [1.807, 2.05) is 18.7 Å². The lowest BCUT2D eigenvalue weighted by Crippen LogP contribution is -2.40. The van der Waals surface area contributed by atoms with Crippen molar-refractivity contribution in [1.82, 2.24) is 4.90 Å². The zero-order chi connectivity index (χ0) is 11.1. The number of likely N-dealkylation sites (tertiary alicyclic amines) is 1. The summed E-state index contributed by atoms with van der Waals surface area (Å²) in [6.07, 6.45) is 4.24. The van der Waals surface area contributed by atoms with Gasteiger partial charge in [0.2, 0.25) is 0 Å². The number of rotatable bonds is 5. The first-order chi connectivity index (χ1) is 7.27. The molecule has 88 valence electrons. The highest BCUT2D eigenvalue weighted by atomic mass is 32.2. The molecule has 0 aliphatic carbocycles. The van der Waals surface area contributed by atoms with Crippen molar-refractivity contribution in [2.45, 2.75) is 19.8 Å². The topological polar surface area (TPSA) is 29.5 Å². The molecule has 0 spiro atoms. The molecule has 0 radical (unpaired) electrons. The molecule has 0 aromatic heterocycles. The number of carbonyl (C=O) groups excluding carboxylic acids is 1. The number of nitrogens with zero attached hydrogens (tertiary/aromatic N) is 1. The molecular formula is C11H21NO2S. The van der Waals surface area contributed by atoms with Crippen molar-refractivity contribution in [3.63, 3.8) is 0 Å². The Morgan fingerprint density at radius 3 is 3.07 bits per heavy atom. The maximum Gasteiger partial charge on any atom is 0.310 e. The number of esters is 1. The molecule has 0 aromatic rings. The van der Waals surface area contributed by atoms with E-state index in [2.05, 4.69) is 11.2 Å². The molecule has 1 rings (SSSR count). The normalized spacial score (nSPS) is 22.7. The van der Waals surface area contributed by atoms with Gasteiger partial charge in [-0.15, -0.1) is 0 Å². The molecular weight excluding hydrogens is 210 g/mol. The number of ether oxygens (including phenoxy) is 1. The first kappa shape index (κ1) is 12.8. The van der Waals surface area contributed by atoms with Crippen molar-refractivity contribution in [2.24, 2.45) is 5.92 Å². The number of piperidine rings is 1. The monoisotopic (exact) mass is 231 g/mol. The van der Waals surface area contributed by atoms with E-state index >= 15 is 0 Å². The van der Waals surface area contributed by atoms with E-state index in [1.54, 1.807) is 0 Å². The highest BCUT2D eigenvalue weighted by molar-refractivity contribution is 7.98. The molecule has 1 aliphatic heterocycles. The Morgan fingerprint density at radius 1 is 1.60 bits per heavy atom. The minimum absolute atomic E-state index is 0.00801. The van der Waals surface area contributed by atoms with Crippen LogP contribution in [-0.2, 0) is 9.53 Å². The van der Waals surface area contributed by atoms with Gasteiger partial charge in [0.15, 0.2) is 0 Å². The van der Waals surface area contributed by atoms with Crippen LogP contribution in [0.5, 0.6) is 0 Å². The number of hydrogen-bond donors (Lipinski definition) is 0. The average Bonchev–Trinajstić information content (AvgIpc) is 2.27. The van der Waals surface area contributed by atoms with Crippen LogP contribution in [0, 0.1) is 5.92 Å². The van der Waals surface area contributed by atoms with Gasteiger partial charge in [0.25, 0.3) is 0 Å². The Morgan fingerprint density at radius 2 is 2.40 bits per heavy atom. The molecule has 0 aromatic carbocycles. The highest BCUT2D eigenvalue weighted by Crippen LogP contribution is 2.17. The third kappa shape index (κ3) is 4.43. The minimum atomic E-state index is -0.00801. The van der Waals surface area contributed by atoms with Crippen LogP contribution in [0.25, 0.3) is 0 Å². The zero-order valence-corrected chi connectivity index (χ0v) is 10.5. The largest absolute Gasteiger partial charge is 0.466 e. The van der Waals surface area contributed by atoms with Crippen LogP contribution < -0.4 is 0 Å². The van der Waals surface area contributed by atoms with E-state index in [9.17, 15) is 4.79 Å². The lowest BCUT2D eigenvalue weighted by molar-refractivity contribution is -0.149. The fraction of sp³-hybridized carbons (Fsp3) is 0.909. The molecule has 1 aliphatic rings. The molecule has 3 nitrogen and oxygen atoms in total. The minimum Gasteiger partial charge on any atom is -0.466 e. The van der Waals surface area contributed by atoms with Crippen molar-refractivity contribution in [2.75, 3.05) is 38.2 Å². The van der Waals surface area contributed by atoms with Gasteiger partial charge in [0.05, 0.1) is 12.5 Å². The Hall–Kier alpha value is -0.220. The standard InChI is InChI=1S/C11H21NO2S/c1-3-14-11(13)10-5-4-6-12(9-10)7-8-15-2/h10H,3-9H2,1-2H3. The molecule has 0 amide bonds. The van der Waals surface area contributed by atoms with E-state index < -0.39 is 0 Å². The summed E-state index contributed by atoms with van der Waals surface area (Å²) in [6.45, 7) is 5.49. The third-order valence-corrected chi connectivity index (χ3v) is 3.33. The summed E-state index contributed by atoms with van der Waals surface area (Å²) >= 11 is 1.86. The summed E-state index contributed by atoms with van der Waals surface area (Å²) in [5.41, 5.74) is 0. The number of thioether (sulfide) groups is 1. The molecule has 0 bridgehead atoms. The summed E-state index contributed by atoms with van der Waals surface area (Å²) in [4.78, 5) is 13.9. The predicted octanol–water partition coefficient (Wildman–Crippen LogP) is 1.62. The Kier molecular flexibility index (Phi) is 6.10. The van der Waals surface area contributed by atoms with Crippen molar-refractivity contribution in [3.05, 3.63) is 0 Å². The molecule has 0 saturated carbocycles. The number of hydrogen-bond acceptors (Lipinski definition) is 4. The van der Waals surface area contributed by atoms with Gasteiger partial charge in [-0.3, -0.25) is 4.79 Å².